The van der Waals surface area contributed by atoms with Crippen LogP contribution in [0.15, 0.2) is 72.8 Å². The van der Waals surface area contributed by atoms with Crippen molar-refractivity contribution in [3.63, 3.8) is 0 Å². The van der Waals surface area contributed by atoms with Gasteiger partial charge in [-0.25, -0.2) is 9.37 Å². The monoisotopic (exact) mass is 355 g/mol. The van der Waals surface area contributed by atoms with Crippen molar-refractivity contribution in [2.45, 2.75) is 0 Å². The lowest BCUT2D eigenvalue weighted by Crippen LogP contribution is -1.91. The van der Waals surface area contributed by atoms with Gasteiger partial charge in [0, 0.05) is 22.1 Å². The molecule has 4 heteroatoms. The average molecular weight is 355 g/mol. The second-order valence-corrected chi connectivity index (χ2v) is 6.04. The van der Waals surface area contributed by atoms with E-state index in [2.05, 4.69) is 16.8 Å². The summed E-state index contributed by atoms with van der Waals surface area (Å²) in [5.41, 5.74) is 3.23. The fourth-order valence-electron chi connectivity index (χ4n) is 2.79. The first-order chi connectivity index (χ1) is 13.1. The number of benzene rings is 3. The minimum absolute atomic E-state index is 0.121. The van der Waals surface area contributed by atoms with Gasteiger partial charge in [0.25, 0.3) is 0 Å². The number of nitrogens with zero attached hydrogens (tertiary/aromatic N) is 1. The molecule has 4 aromatic rings. The Balaban J connectivity index is 1.91. The largest absolute Gasteiger partial charge is 0.508 e. The molecule has 0 fully saturated rings. The molecule has 3 aromatic carbocycles. The molecule has 0 aliphatic carbocycles. The number of phenols is 2. The summed E-state index contributed by atoms with van der Waals surface area (Å²) in [6.07, 6.45) is 0. The molecule has 0 spiro atoms. The SMILES string of the molecule is Oc1ccc2nc(-c3ccc(O)c(F)c3)cc(C#Cc3ccccc3)c2c1. The van der Waals surface area contributed by atoms with Gasteiger partial charge in [0.1, 0.15) is 5.75 Å². The zero-order valence-electron chi connectivity index (χ0n) is 14.1. The molecule has 1 aromatic heterocycles. The molecule has 3 nitrogen and oxygen atoms in total. The zero-order chi connectivity index (χ0) is 18.8. The summed E-state index contributed by atoms with van der Waals surface area (Å²) in [5.74, 6) is 5.22. The Bertz CT molecular complexity index is 1210. The van der Waals surface area contributed by atoms with Gasteiger partial charge in [0.15, 0.2) is 11.6 Å². The summed E-state index contributed by atoms with van der Waals surface area (Å²) in [7, 11) is 0. The fraction of sp³-hybridized carbons (Fsp3) is 0. The van der Waals surface area contributed by atoms with Crippen LogP contribution in [0.3, 0.4) is 0 Å². The molecule has 0 bridgehead atoms. The lowest BCUT2D eigenvalue weighted by atomic mass is 10.0. The lowest BCUT2D eigenvalue weighted by Gasteiger charge is -2.07. The van der Waals surface area contributed by atoms with Gasteiger partial charge in [-0.2, -0.15) is 0 Å². The molecule has 130 valence electrons. The van der Waals surface area contributed by atoms with Gasteiger partial charge in [0.2, 0.25) is 0 Å². The third kappa shape index (κ3) is 3.44. The molecular formula is C23H14FNO2. The third-order valence-electron chi connectivity index (χ3n) is 4.15. The summed E-state index contributed by atoms with van der Waals surface area (Å²) in [6, 6.07) is 20.3. The van der Waals surface area contributed by atoms with Crippen molar-refractivity contribution >= 4 is 10.9 Å². The van der Waals surface area contributed by atoms with Crippen LogP contribution in [0.25, 0.3) is 22.2 Å². The first-order valence-corrected chi connectivity index (χ1v) is 8.30. The molecule has 0 aliphatic rings. The minimum Gasteiger partial charge on any atom is -0.508 e. The number of fused-ring (bicyclic) bond motifs is 1. The van der Waals surface area contributed by atoms with E-state index in [9.17, 15) is 14.6 Å². The summed E-state index contributed by atoms with van der Waals surface area (Å²) in [4.78, 5) is 4.55. The molecule has 0 radical (unpaired) electrons. The molecule has 0 saturated carbocycles. The van der Waals surface area contributed by atoms with Gasteiger partial charge in [-0.1, -0.05) is 30.0 Å². The van der Waals surface area contributed by atoms with Crippen molar-refractivity contribution in [1.29, 1.82) is 0 Å². The van der Waals surface area contributed by atoms with E-state index in [-0.39, 0.29) is 5.75 Å². The van der Waals surface area contributed by atoms with E-state index < -0.39 is 11.6 Å². The third-order valence-corrected chi connectivity index (χ3v) is 4.15. The highest BCUT2D eigenvalue weighted by Gasteiger charge is 2.10. The molecule has 1 heterocycles. The maximum absolute atomic E-state index is 13.8. The van der Waals surface area contributed by atoms with Crippen LogP contribution in [0.5, 0.6) is 11.5 Å². The molecule has 2 N–H and O–H groups in total. The maximum Gasteiger partial charge on any atom is 0.165 e. The number of halogens is 1. The Morgan fingerprint density at radius 1 is 0.815 bits per heavy atom. The number of rotatable bonds is 1. The van der Waals surface area contributed by atoms with Gasteiger partial charge in [-0.15, -0.1) is 0 Å². The first kappa shape index (κ1) is 16.6. The number of phenolic OH excluding ortho intramolecular Hbond substituents is 2. The topological polar surface area (TPSA) is 53.4 Å². The van der Waals surface area contributed by atoms with Crippen LogP contribution in [0.2, 0.25) is 0 Å². The van der Waals surface area contributed by atoms with Crippen molar-refractivity contribution in [1.82, 2.24) is 4.98 Å². The van der Waals surface area contributed by atoms with Crippen molar-refractivity contribution in [3.05, 3.63) is 89.7 Å². The van der Waals surface area contributed by atoms with Crippen LogP contribution >= 0.6 is 0 Å². The van der Waals surface area contributed by atoms with E-state index in [1.54, 1.807) is 30.3 Å². The van der Waals surface area contributed by atoms with Crippen LogP contribution in [0.1, 0.15) is 11.1 Å². The summed E-state index contributed by atoms with van der Waals surface area (Å²) < 4.78 is 13.8. The van der Waals surface area contributed by atoms with Gasteiger partial charge in [0.05, 0.1) is 11.2 Å². The quantitative estimate of drug-likeness (QED) is 0.480. The molecule has 0 aliphatic heterocycles. The lowest BCUT2D eigenvalue weighted by molar-refractivity contribution is 0.432. The second kappa shape index (κ2) is 6.81. The Morgan fingerprint density at radius 3 is 2.41 bits per heavy atom. The van der Waals surface area contributed by atoms with Crippen LogP contribution in [-0.4, -0.2) is 15.2 Å². The molecular weight excluding hydrogens is 341 g/mol. The maximum atomic E-state index is 13.8. The Hall–Kier alpha value is -3.84. The zero-order valence-corrected chi connectivity index (χ0v) is 14.1. The first-order valence-electron chi connectivity index (χ1n) is 8.30. The summed E-state index contributed by atoms with van der Waals surface area (Å²) >= 11 is 0. The van der Waals surface area contributed by atoms with E-state index in [4.69, 9.17) is 0 Å². The van der Waals surface area contributed by atoms with Gasteiger partial charge < -0.3 is 10.2 Å². The van der Waals surface area contributed by atoms with Crippen LogP contribution in [0.4, 0.5) is 4.39 Å². The van der Waals surface area contributed by atoms with Gasteiger partial charge in [-0.05, 0) is 54.6 Å². The van der Waals surface area contributed by atoms with E-state index in [1.807, 2.05) is 30.3 Å². The van der Waals surface area contributed by atoms with Crippen LogP contribution < -0.4 is 0 Å². The molecule has 4 rings (SSSR count). The highest BCUT2D eigenvalue weighted by atomic mass is 19.1. The van der Waals surface area contributed by atoms with E-state index >= 15 is 0 Å². The predicted molar refractivity (Wildman–Crippen MR) is 103 cm³/mol. The number of aromatic nitrogens is 1. The molecule has 0 saturated heterocycles. The van der Waals surface area contributed by atoms with Crippen LogP contribution in [0, 0.1) is 17.7 Å². The molecule has 0 unspecified atom stereocenters. The van der Waals surface area contributed by atoms with E-state index in [1.165, 1.54) is 12.1 Å². The average Bonchev–Trinajstić information content (AvgIpc) is 2.69. The number of hydrogen-bond donors (Lipinski definition) is 2. The van der Waals surface area contributed by atoms with E-state index in [0.29, 0.717) is 27.7 Å². The fourth-order valence-corrected chi connectivity index (χ4v) is 2.79. The van der Waals surface area contributed by atoms with Crippen molar-refractivity contribution in [2.75, 3.05) is 0 Å². The Morgan fingerprint density at radius 2 is 1.63 bits per heavy atom. The Kier molecular flexibility index (Phi) is 4.19. The highest BCUT2D eigenvalue weighted by Crippen LogP contribution is 2.29. The smallest absolute Gasteiger partial charge is 0.165 e. The summed E-state index contributed by atoms with van der Waals surface area (Å²) in [5, 5.41) is 20.0. The standard InChI is InChI=1S/C23H14FNO2/c24-20-12-17(8-11-23(20)27)22-13-16(7-6-15-4-2-1-3-5-15)19-14-18(26)9-10-21(19)25-22/h1-5,8-14,26-27H. The molecule has 0 amide bonds. The predicted octanol–water partition coefficient (Wildman–Crippen LogP) is 4.85. The minimum atomic E-state index is -0.711. The molecule has 27 heavy (non-hydrogen) atoms. The number of hydrogen-bond acceptors (Lipinski definition) is 3. The van der Waals surface area contributed by atoms with Crippen molar-refractivity contribution in [2.24, 2.45) is 0 Å². The van der Waals surface area contributed by atoms with Crippen molar-refractivity contribution in [3.8, 4) is 34.6 Å². The summed E-state index contributed by atoms with van der Waals surface area (Å²) in [6.45, 7) is 0. The number of pyridine rings is 1. The van der Waals surface area contributed by atoms with Gasteiger partial charge in [-0.3, -0.25) is 0 Å². The Labute approximate surface area is 155 Å². The normalized spacial score (nSPS) is 10.4. The molecule has 0 atom stereocenters. The van der Waals surface area contributed by atoms with Gasteiger partial charge >= 0.3 is 0 Å². The number of aromatic hydroxyl groups is 2. The second-order valence-electron chi connectivity index (χ2n) is 6.04. The van der Waals surface area contributed by atoms with Crippen molar-refractivity contribution < 1.29 is 14.6 Å². The van der Waals surface area contributed by atoms with E-state index in [0.717, 1.165) is 5.56 Å². The van der Waals surface area contributed by atoms with Crippen LogP contribution in [-0.2, 0) is 0 Å². The highest BCUT2D eigenvalue weighted by molar-refractivity contribution is 5.89.